The van der Waals surface area contributed by atoms with Crippen molar-refractivity contribution in [2.45, 2.75) is 38.5 Å². The van der Waals surface area contributed by atoms with Gasteiger partial charge in [0, 0.05) is 23.6 Å². The number of allylic oxidation sites excluding steroid dienone is 2. The largest absolute Gasteiger partial charge is 0.508 e. The molecule has 146 valence electrons. The van der Waals surface area contributed by atoms with E-state index in [2.05, 4.69) is 35.6 Å². The number of ketones is 1. The molecule has 2 aliphatic rings. The highest BCUT2D eigenvalue weighted by Crippen LogP contribution is 2.49. The molecule has 1 aliphatic carbocycles. The number of nitrogens with zero attached hydrogens (tertiary/aromatic N) is 1. The summed E-state index contributed by atoms with van der Waals surface area (Å²) in [5.41, 5.74) is 6.78. The van der Waals surface area contributed by atoms with Crippen LogP contribution in [0.2, 0.25) is 0 Å². The van der Waals surface area contributed by atoms with Crippen LogP contribution >= 0.6 is 0 Å². The Morgan fingerprint density at radius 3 is 2.62 bits per heavy atom. The second-order valence-corrected chi connectivity index (χ2v) is 8.00. The average Bonchev–Trinajstić information content (AvgIpc) is 3.07. The summed E-state index contributed by atoms with van der Waals surface area (Å²) in [5, 5.41) is 17.1. The van der Waals surface area contributed by atoms with Crippen molar-refractivity contribution in [2.75, 3.05) is 5.32 Å². The Morgan fingerprint density at radius 2 is 1.86 bits per heavy atom. The minimum atomic E-state index is -0.166. The van der Waals surface area contributed by atoms with E-state index in [9.17, 15) is 9.90 Å². The van der Waals surface area contributed by atoms with Gasteiger partial charge in [0.15, 0.2) is 5.78 Å². The Balaban J connectivity index is 1.62. The number of hydrogen-bond acceptors (Lipinski definition) is 5. The Kier molecular flexibility index (Phi) is 4.05. The number of aromatic hydroxyl groups is 1. The maximum Gasteiger partial charge on any atom is 0.233 e. The molecule has 5 rings (SSSR count). The number of aromatic nitrogens is 1. The van der Waals surface area contributed by atoms with Crippen LogP contribution in [-0.2, 0) is 4.79 Å². The Labute approximate surface area is 169 Å². The number of nitrogens with one attached hydrogen (secondary N) is 1. The van der Waals surface area contributed by atoms with E-state index in [-0.39, 0.29) is 23.4 Å². The van der Waals surface area contributed by atoms with E-state index < -0.39 is 0 Å². The molecular formula is C24H22N2O3. The molecule has 0 saturated carbocycles. The highest BCUT2D eigenvalue weighted by molar-refractivity contribution is 6.01. The predicted octanol–water partition coefficient (Wildman–Crippen LogP) is 4.96. The van der Waals surface area contributed by atoms with Crippen molar-refractivity contribution in [2.24, 2.45) is 0 Å². The summed E-state index contributed by atoms with van der Waals surface area (Å²) in [4.78, 5) is 13.4. The predicted molar refractivity (Wildman–Crippen MR) is 110 cm³/mol. The zero-order valence-corrected chi connectivity index (χ0v) is 16.4. The van der Waals surface area contributed by atoms with Gasteiger partial charge in [-0.15, -0.1) is 0 Å². The number of benzene rings is 2. The fourth-order valence-electron chi connectivity index (χ4n) is 4.64. The summed E-state index contributed by atoms with van der Waals surface area (Å²) in [6.45, 7) is 3.98. The van der Waals surface area contributed by atoms with Crippen molar-refractivity contribution < 1.29 is 14.4 Å². The maximum absolute atomic E-state index is 13.4. The standard InChI is InChI=1S/C24H22N2O3/c1-13-4-3-5-16(10-13)22-21-14(2)26-29-24(21)25-19-11-17(12-20(28)23(19)22)15-6-8-18(27)9-7-15/h3-10,17,22,25,27H,11-12H2,1-2H3/t17-,22+/m1/s1. The van der Waals surface area contributed by atoms with Crippen LogP contribution in [0.1, 0.15) is 52.6 Å². The number of carbonyl (C=O) groups is 1. The zero-order chi connectivity index (χ0) is 20.1. The molecule has 0 fully saturated rings. The molecule has 2 heterocycles. The molecular weight excluding hydrogens is 364 g/mol. The number of aryl methyl sites for hydroxylation is 2. The molecule has 0 amide bonds. The minimum Gasteiger partial charge on any atom is -0.508 e. The highest BCUT2D eigenvalue weighted by Gasteiger charge is 2.41. The van der Waals surface area contributed by atoms with E-state index in [1.54, 1.807) is 12.1 Å². The fraction of sp³-hybridized carbons (Fsp3) is 0.250. The molecule has 2 atom stereocenters. The van der Waals surface area contributed by atoms with E-state index in [1.165, 1.54) is 0 Å². The molecule has 2 aromatic carbocycles. The lowest BCUT2D eigenvalue weighted by atomic mass is 9.72. The normalized spacial score (nSPS) is 20.8. The van der Waals surface area contributed by atoms with E-state index in [0.717, 1.165) is 39.2 Å². The average molecular weight is 386 g/mol. The van der Waals surface area contributed by atoms with Crippen molar-refractivity contribution in [3.63, 3.8) is 0 Å². The molecule has 0 saturated heterocycles. The van der Waals surface area contributed by atoms with Crippen LogP contribution in [-0.4, -0.2) is 16.0 Å². The van der Waals surface area contributed by atoms with Crippen molar-refractivity contribution in [1.29, 1.82) is 0 Å². The molecule has 0 radical (unpaired) electrons. The van der Waals surface area contributed by atoms with E-state index in [0.29, 0.717) is 18.7 Å². The second-order valence-electron chi connectivity index (χ2n) is 8.00. The van der Waals surface area contributed by atoms with Crippen LogP contribution in [0.5, 0.6) is 5.75 Å². The fourth-order valence-corrected chi connectivity index (χ4v) is 4.64. The van der Waals surface area contributed by atoms with Gasteiger partial charge in [-0.25, -0.2) is 0 Å². The summed E-state index contributed by atoms with van der Waals surface area (Å²) < 4.78 is 5.57. The zero-order valence-electron chi connectivity index (χ0n) is 16.4. The first-order chi connectivity index (χ1) is 14.0. The quantitative estimate of drug-likeness (QED) is 0.651. The number of phenols is 1. The summed E-state index contributed by atoms with van der Waals surface area (Å²) in [6.07, 6.45) is 1.17. The van der Waals surface area contributed by atoms with Gasteiger partial charge in [-0.3, -0.25) is 4.79 Å². The minimum absolute atomic E-state index is 0.0677. The number of fused-ring (bicyclic) bond motifs is 1. The molecule has 2 N–H and O–H groups in total. The molecule has 5 nitrogen and oxygen atoms in total. The van der Waals surface area contributed by atoms with Gasteiger partial charge in [0.2, 0.25) is 5.88 Å². The molecule has 5 heteroatoms. The van der Waals surface area contributed by atoms with E-state index in [4.69, 9.17) is 4.52 Å². The van der Waals surface area contributed by atoms with Gasteiger partial charge in [0.1, 0.15) is 5.75 Å². The van der Waals surface area contributed by atoms with Crippen LogP contribution < -0.4 is 5.32 Å². The van der Waals surface area contributed by atoms with Gasteiger partial charge in [0.25, 0.3) is 0 Å². The van der Waals surface area contributed by atoms with Crippen molar-refractivity contribution >= 4 is 11.7 Å². The lowest BCUT2D eigenvalue weighted by Crippen LogP contribution is -2.29. The maximum atomic E-state index is 13.4. The number of hydrogen-bond donors (Lipinski definition) is 2. The highest BCUT2D eigenvalue weighted by atomic mass is 16.5. The van der Waals surface area contributed by atoms with Gasteiger partial charge < -0.3 is 14.9 Å². The Morgan fingerprint density at radius 1 is 1.07 bits per heavy atom. The lowest BCUT2D eigenvalue weighted by Gasteiger charge is -2.34. The second kappa shape index (κ2) is 6.62. The van der Waals surface area contributed by atoms with Gasteiger partial charge in [-0.05, 0) is 49.4 Å². The van der Waals surface area contributed by atoms with Crippen LogP contribution in [0.15, 0.2) is 64.3 Å². The molecule has 0 bridgehead atoms. The van der Waals surface area contributed by atoms with Gasteiger partial charge in [-0.2, -0.15) is 0 Å². The van der Waals surface area contributed by atoms with Gasteiger partial charge >= 0.3 is 0 Å². The Bertz CT molecular complexity index is 1140. The molecule has 0 unspecified atom stereocenters. The summed E-state index contributed by atoms with van der Waals surface area (Å²) in [5.74, 6) is 0.910. The van der Waals surface area contributed by atoms with Crippen LogP contribution in [0.3, 0.4) is 0 Å². The van der Waals surface area contributed by atoms with Crippen LogP contribution in [0.25, 0.3) is 0 Å². The van der Waals surface area contributed by atoms with Crippen molar-refractivity contribution in [1.82, 2.24) is 5.16 Å². The Hall–Kier alpha value is -3.34. The van der Waals surface area contributed by atoms with E-state index in [1.807, 2.05) is 25.1 Å². The van der Waals surface area contributed by atoms with Crippen molar-refractivity contribution in [3.8, 4) is 5.75 Å². The van der Waals surface area contributed by atoms with Gasteiger partial charge in [0.05, 0.1) is 11.3 Å². The molecule has 1 aliphatic heterocycles. The van der Waals surface area contributed by atoms with Crippen LogP contribution in [0.4, 0.5) is 5.88 Å². The number of Topliss-reactive ketones (excluding diaryl/α,β-unsaturated/α-hetero) is 1. The molecule has 29 heavy (non-hydrogen) atoms. The topological polar surface area (TPSA) is 75.4 Å². The SMILES string of the molecule is Cc1cccc([C@@H]2C3=C(C[C@@H](c4ccc(O)cc4)CC3=O)Nc3onc(C)c32)c1. The number of anilines is 1. The molecule has 1 aromatic heterocycles. The third-order valence-electron chi connectivity index (χ3n) is 6.00. The number of carbonyl (C=O) groups excluding carboxylic acids is 1. The third-order valence-corrected chi connectivity index (χ3v) is 6.00. The first-order valence-electron chi connectivity index (χ1n) is 9.86. The lowest BCUT2D eigenvalue weighted by molar-refractivity contribution is -0.116. The molecule has 3 aromatic rings. The van der Waals surface area contributed by atoms with Gasteiger partial charge in [-0.1, -0.05) is 47.1 Å². The number of phenolic OH excluding ortho intramolecular Hbond substituents is 1. The van der Waals surface area contributed by atoms with Crippen LogP contribution in [0, 0.1) is 13.8 Å². The monoisotopic (exact) mass is 386 g/mol. The summed E-state index contributed by atoms with van der Waals surface area (Å²) >= 11 is 0. The third kappa shape index (κ3) is 2.94. The number of rotatable bonds is 2. The van der Waals surface area contributed by atoms with Crippen molar-refractivity contribution in [3.05, 3.63) is 87.7 Å². The molecule has 0 spiro atoms. The smallest absolute Gasteiger partial charge is 0.233 e. The van der Waals surface area contributed by atoms with E-state index >= 15 is 0 Å². The summed E-state index contributed by atoms with van der Waals surface area (Å²) in [7, 11) is 0. The summed E-state index contributed by atoms with van der Waals surface area (Å²) in [6, 6.07) is 15.4. The first kappa shape index (κ1) is 17.7. The first-order valence-corrected chi connectivity index (χ1v) is 9.86.